The lowest BCUT2D eigenvalue weighted by atomic mass is 10.1. The average molecular weight is 250 g/mol. The molecule has 0 fully saturated rings. The summed E-state index contributed by atoms with van der Waals surface area (Å²) >= 11 is 0. The molecule has 1 aromatic rings. The van der Waals surface area contributed by atoms with E-state index in [0.717, 1.165) is 24.9 Å². The molecule has 0 unspecified atom stereocenters. The molecule has 0 aliphatic heterocycles. The van der Waals surface area contributed by atoms with Gasteiger partial charge >= 0.3 is 0 Å². The van der Waals surface area contributed by atoms with E-state index in [2.05, 4.69) is 4.90 Å². The van der Waals surface area contributed by atoms with Crippen molar-refractivity contribution in [2.45, 2.75) is 6.42 Å². The molecule has 0 saturated carbocycles. The van der Waals surface area contributed by atoms with Gasteiger partial charge in [-0.05, 0) is 32.6 Å². The molecule has 0 bridgehead atoms. The highest BCUT2D eigenvalue weighted by Gasteiger charge is 2.10. The predicted molar refractivity (Wildman–Crippen MR) is 74.8 cm³/mol. The second-order valence-electron chi connectivity index (χ2n) is 4.71. The molecule has 4 nitrogen and oxygen atoms in total. The van der Waals surface area contributed by atoms with Crippen molar-refractivity contribution in [3.63, 3.8) is 0 Å². The number of rotatable bonds is 7. The summed E-state index contributed by atoms with van der Waals surface area (Å²) in [5.74, 6) is 0.662. The quantitative estimate of drug-likeness (QED) is 0.546. The summed E-state index contributed by atoms with van der Waals surface area (Å²) in [5, 5.41) is 0. The summed E-state index contributed by atoms with van der Waals surface area (Å²) in [6, 6.07) is 5.66. The Labute approximate surface area is 109 Å². The molecule has 0 aliphatic carbocycles. The molecule has 0 aliphatic rings. The Morgan fingerprint density at radius 1 is 1.22 bits per heavy atom. The fourth-order valence-corrected chi connectivity index (χ4v) is 1.73. The van der Waals surface area contributed by atoms with Gasteiger partial charge in [0.15, 0.2) is 6.29 Å². The molecule has 0 saturated heterocycles. The zero-order chi connectivity index (χ0) is 13.5. The van der Waals surface area contributed by atoms with Gasteiger partial charge in [0.05, 0.1) is 17.9 Å². The van der Waals surface area contributed by atoms with Gasteiger partial charge < -0.3 is 14.5 Å². The number of aldehydes is 1. The second kappa shape index (κ2) is 7.01. The van der Waals surface area contributed by atoms with E-state index >= 15 is 0 Å². The number of hydrogen-bond donors (Lipinski definition) is 0. The fourth-order valence-electron chi connectivity index (χ4n) is 1.73. The SMILES string of the molecule is CN(C)CCCOc1cccc(N(C)C)c1C=O. The first-order valence-electron chi connectivity index (χ1n) is 6.09. The van der Waals surface area contributed by atoms with Gasteiger partial charge in [0.1, 0.15) is 5.75 Å². The molecule has 0 amide bonds. The number of hydrogen-bond acceptors (Lipinski definition) is 4. The van der Waals surface area contributed by atoms with Crippen molar-refractivity contribution >= 4 is 12.0 Å². The van der Waals surface area contributed by atoms with E-state index in [1.165, 1.54) is 0 Å². The van der Waals surface area contributed by atoms with Gasteiger partial charge in [0.25, 0.3) is 0 Å². The first-order chi connectivity index (χ1) is 8.56. The molecule has 0 aromatic heterocycles. The highest BCUT2D eigenvalue weighted by atomic mass is 16.5. The van der Waals surface area contributed by atoms with Gasteiger partial charge in [-0.1, -0.05) is 6.07 Å². The van der Waals surface area contributed by atoms with E-state index in [0.29, 0.717) is 17.9 Å². The van der Waals surface area contributed by atoms with Crippen molar-refractivity contribution in [2.75, 3.05) is 46.2 Å². The summed E-state index contributed by atoms with van der Waals surface area (Å²) in [6.45, 7) is 1.60. The maximum Gasteiger partial charge on any atom is 0.155 e. The Morgan fingerprint density at radius 3 is 2.50 bits per heavy atom. The molecule has 18 heavy (non-hydrogen) atoms. The fraction of sp³-hybridized carbons (Fsp3) is 0.500. The average Bonchev–Trinajstić information content (AvgIpc) is 2.33. The third-order valence-corrected chi connectivity index (χ3v) is 2.65. The van der Waals surface area contributed by atoms with Gasteiger partial charge in [-0.3, -0.25) is 4.79 Å². The Hall–Kier alpha value is -1.55. The molecular weight excluding hydrogens is 228 g/mol. The number of benzene rings is 1. The summed E-state index contributed by atoms with van der Waals surface area (Å²) in [6.07, 6.45) is 1.80. The molecule has 100 valence electrons. The van der Waals surface area contributed by atoms with Crippen LogP contribution in [-0.2, 0) is 0 Å². The molecule has 1 aromatic carbocycles. The zero-order valence-corrected chi connectivity index (χ0v) is 11.6. The lowest BCUT2D eigenvalue weighted by molar-refractivity contribution is 0.112. The molecule has 0 N–H and O–H groups in total. The van der Waals surface area contributed by atoms with E-state index in [1.807, 2.05) is 51.3 Å². The smallest absolute Gasteiger partial charge is 0.155 e. The van der Waals surface area contributed by atoms with Crippen LogP contribution in [0, 0.1) is 0 Å². The zero-order valence-electron chi connectivity index (χ0n) is 11.6. The summed E-state index contributed by atoms with van der Waals surface area (Å²) in [7, 11) is 7.89. The van der Waals surface area contributed by atoms with Crippen molar-refractivity contribution < 1.29 is 9.53 Å². The van der Waals surface area contributed by atoms with Crippen LogP contribution in [0.1, 0.15) is 16.8 Å². The minimum absolute atomic E-state index is 0.618. The van der Waals surface area contributed by atoms with Crippen molar-refractivity contribution in [3.8, 4) is 5.75 Å². The van der Waals surface area contributed by atoms with Gasteiger partial charge in [0, 0.05) is 20.6 Å². The first kappa shape index (κ1) is 14.5. The van der Waals surface area contributed by atoms with E-state index in [-0.39, 0.29) is 0 Å². The third-order valence-electron chi connectivity index (χ3n) is 2.65. The maximum atomic E-state index is 11.2. The number of anilines is 1. The number of nitrogens with zero attached hydrogens (tertiary/aromatic N) is 2. The number of ether oxygens (including phenoxy) is 1. The van der Waals surface area contributed by atoms with Crippen LogP contribution < -0.4 is 9.64 Å². The Balaban J connectivity index is 2.70. The topological polar surface area (TPSA) is 32.8 Å². The van der Waals surface area contributed by atoms with E-state index in [4.69, 9.17) is 4.74 Å². The monoisotopic (exact) mass is 250 g/mol. The minimum atomic E-state index is 0.618. The van der Waals surface area contributed by atoms with Gasteiger partial charge in [-0.25, -0.2) is 0 Å². The van der Waals surface area contributed by atoms with Crippen LogP contribution in [-0.4, -0.2) is 52.5 Å². The third kappa shape index (κ3) is 4.04. The molecule has 0 heterocycles. The molecule has 1 rings (SSSR count). The molecular formula is C14H22N2O2. The van der Waals surface area contributed by atoms with Crippen LogP contribution in [0.3, 0.4) is 0 Å². The lowest BCUT2D eigenvalue weighted by Gasteiger charge is -2.18. The van der Waals surface area contributed by atoms with Gasteiger partial charge in [-0.15, -0.1) is 0 Å². The molecule has 0 atom stereocenters. The van der Waals surface area contributed by atoms with Crippen LogP contribution in [0.15, 0.2) is 18.2 Å². The van der Waals surface area contributed by atoms with Crippen LogP contribution in [0.2, 0.25) is 0 Å². The molecule has 0 radical (unpaired) electrons. The van der Waals surface area contributed by atoms with Crippen LogP contribution in [0.4, 0.5) is 5.69 Å². The Morgan fingerprint density at radius 2 is 1.94 bits per heavy atom. The van der Waals surface area contributed by atoms with E-state index in [9.17, 15) is 4.79 Å². The molecule has 4 heteroatoms. The standard InChI is InChI=1S/C14H22N2O2/c1-15(2)9-6-10-18-14-8-5-7-13(16(3)4)12(14)11-17/h5,7-8,11H,6,9-10H2,1-4H3. The van der Waals surface area contributed by atoms with Crippen molar-refractivity contribution in [1.29, 1.82) is 0 Å². The van der Waals surface area contributed by atoms with E-state index in [1.54, 1.807) is 0 Å². The van der Waals surface area contributed by atoms with Gasteiger partial charge in [0.2, 0.25) is 0 Å². The molecule has 0 spiro atoms. The summed E-state index contributed by atoms with van der Waals surface area (Å²) in [4.78, 5) is 15.2. The van der Waals surface area contributed by atoms with Gasteiger partial charge in [-0.2, -0.15) is 0 Å². The van der Waals surface area contributed by atoms with Crippen molar-refractivity contribution in [1.82, 2.24) is 4.90 Å². The minimum Gasteiger partial charge on any atom is -0.493 e. The Kier molecular flexibility index (Phi) is 5.65. The second-order valence-corrected chi connectivity index (χ2v) is 4.71. The Bertz CT molecular complexity index is 389. The summed E-state index contributed by atoms with van der Waals surface area (Å²) < 4.78 is 5.68. The van der Waals surface area contributed by atoms with Crippen LogP contribution in [0.5, 0.6) is 5.75 Å². The predicted octanol–water partition coefficient (Wildman–Crippen LogP) is 1.90. The summed E-state index contributed by atoms with van der Waals surface area (Å²) in [5.41, 5.74) is 1.50. The highest BCUT2D eigenvalue weighted by molar-refractivity contribution is 5.88. The van der Waals surface area contributed by atoms with E-state index < -0.39 is 0 Å². The number of carbonyl (C=O) groups is 1. The highest BCUT2D eigenvalue weighted by Crippen LogP contribution is 2.26. The first-order valence-corrected chi connectivity index (χ1v) is 6.09. The van der Waals surface area contributed by atoms with Crippen LogP contribution in [0.25, 0.3) is 0 Å². The van der Waals surface area contributed by atoms with Crippen molar-refractivity contribution in [3.05, 3.63) is 23.8 Å². The largest absolute Gasteiger partial charge is 0.493 e. The normalized spacial score (nSPS) is 10.5. The van der Waals surface area contributed by atoms with Crippen molar-refractivity contribution in [2.24, 2.45) is 0 Å². The van der Waals surface area contributed by atoms with Crippen LogP contribution >= 0.6 is 0 Å². The lowest BCUT2D eigenvalue weighted by Crippen LogP contribution is -2.16. The maximum absolute atomic E-state index is 11.2. The number of carbonyl (C=O) groups excluding carboxylic acids is 1.